The van der Waals surface area contributed by atoms with E-state index in [2.05, 4.69) is 55.5 Å². The van der Waals surface area contributed by atoms with Crippen molar-refractivity contribution in [3.05, 3.63) is 71.8 Å². The third-order valence-corrected chi connectivity index (χ3v) is 6.35. The van der Waals surface area contributed by atoms with E-state index in [0.29, 0.717) is 5.05 Å². The van der Waals surface area contributed by atoms with Crippen LogP contribution in [0.15, 0.2) is 60.7 Å². The van der Waals surface area contributed by atoms with Crippen LogP contribution in [0, 0.1) is 0 Å². The van der Waals surface area contributed by atoms with Gasteiger partial charge in [0, 0.05) is 0 Å². The van der Waals surface area contributed by atoms with Crippen molar-refractivity contribution in [3.63, 3.8) is 0 Å². The molecule has 0 aliphatic heterocycles. The van der Waals surface area contributed by atoms with Crippen LogP contribution < -0.4 is 0 Å². The number of unbranched alkanes of at least 4 members (excludes halogenated alkanes) is 12. The van der Waals surface area contributed by atoms with Crippen molar-refractivity contribution in [2.24, 2.45) is 0 Å². The molecule has 0 saturated carbocycles. The normalized spacial score (nSPS) is 11.0. The molecule has 2 aromatic carbocycles. The fourth-order valence-corrected chi connectivity index (χ4v) is 4.49. The monoisotopic (exact) mass is 438 g/mol. The Hall–Kier alpha value is -1.67. The largest absolute Gasteiger partial charge is 0.486 e. The van der Waals surface area contributed by atoms with Crippen LogP contribution in [0.25, 0.3) is 0 Å². The van der Waals surface area contributed by atoms with Gasteiger partial charge in [-0.2, -0.15) is 0 Å². The SMILES string of the molecule is CCCCCCCCCCCCCCCOC(=S)C(c1ccccc1)c1ccccc1. The van der Waals surface area contributed by atoms with Crippen LogP contribution in [0.4, 0.5) is 0 Å². The van der Waals surface area contributed by atoms with Crippen LogP contribution in [-0.4, -0.2) is 11.7 Å². The molecule has 0 unspecified atom stereocenters. The Morgan fingerprint density at radius 3 is 1.42 bits per heavy atom. The lowest BCUT2D eigenvalue weighted by atomic mass is 9.92. The second kappa shape index (κ2) is 17.0. The van der Waals surface area contributed by atoms with E-state index in [1.165, 1.54) is 88.2 Å². The Labute approximate surface area is 196 Å². The summed E-state index contributed by atoms with van der Waals surface area (Å²) in [5.74, 6) is 0.0272. The predicted molar refractivity (Wildman–Crippen MR) is 139 cm³/mol. The highest BCUT2D eigenvalue weighted by Crippen LogP contribution is 2.27. The first-order valence-corrected chi connectivity index (χ1v) is 13.0. The molecular weight excluding hydrogens is 396 g/mol. The summed E-state index contributed by atoms with van der Waals surface area (Å²) < 4.78 is 6.04. The van der Waals surface area contributed by atoms with Crippen molar-refractivity contribution in [3.8, 4) is 0 Å². The first-order chi connectivity index (χ1) is 15.3. The fourth-order valence-electron chi connectivity index (χ4n) is 4.13. The maximum Gasteiger partial charge on any atom is 0.171 e. The number of ether oxygens (including phenoxy) is 1. The maximum atomic E-state index is 6.04. The third-order valence-electron chi connectivity index (χ3n) is 5.99. The quantitative estimate of drug-likeness (QED) is 0.180. The summed E-state index contributed by atoms with van der Waals surface area (Å²) in [5.41, 5.74) is 2.40. The summed E-state index contributed by atoms with van der Waals surface area (Å²) in [5, 5.41) is 0.691. The van der Waals surface area contributed by atoms with Gasteiger partial charge in [0.2, 0.25) is 0 Å². The van der Waals surface area contributed by atoms with E-state index in [4.69, 9.17) is 17.0 Å². The van der Waals surface area contributed by atoms with Crippen molar-refractivity contribution in [1.82, 2.24) is 0 Å². The highest BCUT2D eigenvalue weighted by molar-refractivity contribution is 7.80. The lowest BCUT2D eigenvalue weighted by Gasteiger charge is -2.19. The van der Waals surface area contributed by atoms with E-state index < -0.39 is 0 Å². The second-order valence-corrected chi connectivity index (χ2v) is 9.07. The molecular formula is C29H42OS. The van der Waals surface area contributed by atoms with Gasteiger partial charge in [-0.1, -0.05) is 145 Å². The summed E-state index contributed by atoms with van der Waals surface area (Å²) in [6.07, 6.45) is 17.7. The predicted octanol–water partition coefficient (Wildman–Crippen LogP) is 9.25. The van der Waals surface area contributed by atoms with E-state index in [1.54, 1.807) is 0 Å². The molecule has 2 rings (SSSR count). The summed E-state index contributed by atoms with van der Waals surface area (Å²) >= 11 is 5.71. The molecule has 0 amide bonds. The highest BCUT2D eigenvalue weighted by Gasteiger charge is 2.20. The molecule has 0 spiro atoms. The molecule has 0 aliphatic carbocycles. The number of thiocarbonyl (C=S) groups is 1. The van der Waals surface area contributed by atoms with Gasteiger partial charge in [0.15, 0.2) is 5.05 Å². The number of hydrogen-bond acceptors (Lipinski definition) is 2. The Bertz CT molecular complexity index is 643. The second-order valence-electron chi connectivity index (χ2n) is 8.66. The zero-order chi connectivity index (χ0) is 22.0. The highest BCUT2D eigenvalue weighted by atomic mass is 32.1. The minimum Gasteiger partial charge on any atom is -0.486 e. The fraction of sp³-hybridized carbons (Fsp3) is 0.552. The van der Waals surface area contributed by atoms with Crippen molar-refractivity contribution in [2.75, 3.05) is 6.61 Å². The standard InChI is InChI=1S/C29H42OS/c1-2-3-4-5-6-7-8-9-10-11-12-13-20-25-30-29(31)28(26-21-16-14-17-22-26)27-23-18-15-19-24-27/h14-19,21-24,28H,2-13,20,25H2,1H3. The van der Waals surface area contributed by atoms with Gasteiger partial charge < -0.3 is 4.74 Å². The first-order valence-electron chi connectivity index (χ1n) is 12.6. The molecule has 0 N–H and O–H groups in total. The van der Waals surface area contributed by atoms with Crippen LogP contribution in [0.1, 0.15) is 107 Å². The molecule has 0 fully saturated rings. The van der Waals surface area contributed by atoms with Crippen LogP contribution in [0.2, 0.25) is 0 Å². The molecule has 0 atom stereocenters. The Morgan fingerprint density at radius 1 is 0.613 bits per heavy atom. The summed E-state index contributed by atoms with van der Waals surface area (Å²) in [4.78, 5) is 0. The van der Waals surface area contributed by atoms with Gasteiger partial charge in [0.25, 0.3) is 0 Å². The zero-order valence-electron chi connectivity index (χ0n) is 19.6. The number of rotatable bonds is 17. The van der Waals surface area contributed by atoms with Crippen molar-refractivity contribution in [2.45, 2.75) is 96.3 Å². The van der Waals surface area contributed by atoms with E-state index >= 15 is 0 Å². The van der Waals surface area contributed by atoms with Crippen LogP contribution in [0.3, 0.4) is 0 Å². The number of hydrogen-bond donors (Lipinski definition) is 0. The average Bonchev–Trinajstić information content (AvgIpc) is 2.81. The lowest BCUT2D eigenvalue weighted by molar-refractivity contribution is 0.290. The van der Waals surface area contributed by atoms with Gasteiger partial charge in [-0.3, -0.25) is 0 Å². The molecule has 0 bridgehead atoms. The van der Waals surface area contributed by atoms with Gasteiger partial charge in [-0.25, -0.2) is 0 Å². The summed E-state index contributed by atoms with van der Waals surface area (Å²) in [6, 6.07) is 20.9. The maximum absolute atomic E-state index is 6.04. The summed E-state index contributed by atoms with van der Waals surface area (Å²) in [7, 11) is 0. The van der Waals surface area contributed by atoms with Crippen molar-refractivity contribution < 1.29 is 4.74 Å². The molecule has 0 radical (unpaired) electrons. The topological polar surface area (TPSA) is 9.23 Å². The van der Waals surface area contributed by atoms with E-state index in [-0.39, 0.29) is 5.92 Å². The molecule has 2 heteroatoms. The van der Waals surface area contributed by atoms with E-state index in [1.807, 2.05) is 12.1 Å². The van der Waals surface area contributed by atoms with Gasteiger partial charge >= 0.3 is 0 Å². The van der Waals surface area contributed by atoms with Gasteiger partial charge in [0.1, 0.15) is 0 Å². The van der Waals surface area contributed by atoms with E-state index in [0.717, 1.165) is 13.0 Å². The molecule has 2 aromatic rings. The number of benzene rings is 2. The molecule has 0 aromatic heterocycles. The Kier molecular flexibility index (Phi) is 14.0. The van der Waals surface area contributed by atoms with E-state index in [9.17, 15) is 0 Å². The zero-order valence-corrected chi connectivity index (χ0v) is 20.4. The van der Waals surface area contributed by atoms with Gasteiger partial charge in [0.05, 0.1) is 12.5 Å². The van der Waals surface area contributed by atoms with Crippen LogP contribution in [-0.2, 0) is 4.74 Å². The van der Waals surface area contributed by atoms with Gasteiger partial charge in [-0.15, -0.1) is 0 Å². The minimum atomic E-state index is 0.0272. The first kappa shape index (κ1) is 25.6. The Balaban J connectivity index is 1.56. The molecule has 1 nitrogen and oxygen atoms in total. The minimum absolute atomic E-state index is 0.0272. The van der Waals surface area contributed by atoms with Crippen molar-refractivity contribution in [1.29, 1.82) is 0 Å². The smallest absolute Gasteiger partial charge is 0.171 e. The average molecular weight is 439 g/mol. The van der Waals surface area contributed by atoms with Crippen LogP contribution >= 0.6 is 12.2 Å². The molecule has 0 heterocycles. The van der Waals surface area contributed by atoms with Crippen molar-refractivity contribution >= 4 is 17.3 Å². The molecule has 0 saturated heterocycles. The third kappa shape index (κ3) is 11.0. The van der Waals surface area contributed by atoms with Crippen LogP contribution in [0.5, 0.6) is 0 Å². The molecule has 170 valence electrons. The molecule has 31 heavy (non-hydrogen) atoms. The van der Waals surface area contributed by atoms with Gasteiger partial charge in [-0.05, 0) is 29.8 Å². The summed E-state index contributed by atoms with van der Waals surface area (Å²) in [6.45, 7) is 3.01. The molecule has 0 aliphatic rings. The Morgan fingerprint density at radius 2 is 1.00 bits per heavy atom. The lowest BCUT2D eigenvalue weighted by Crippen LogP contribution is -2.16.